The maximum atomic E-state index is 5.95. The van der Waals surface area contributed by atoms with Gasteiger partial charge in [0.1, 0.15) is 5.75 Å². The second-order valence-electron chi connectivity index (χ2n) is 5.47. The highest BCUT2D eigenvalue weighted by Crippen LogP contribution is 2.22. The number of benzene rings is 2. The van der Waals surface area contributed by atoms with Crippen LogP contribution < -0.4 is 15.8 Å². The van der Waals surface area contributed by atoms with Crippen molar-refractivity contribution < 1.29 is 4.74 Å². The summed E-state index contributed by atoms with van der Waals surface area (Å²) in [5.74, 6) is 1.09. The lowest BCUT2D eigenvalue weighted by Crippen LogP contribution is -2.23. The topological polar surface area (TPSA) is 77.5 Å². The van der Waals surface area contributed by atoms with Crippen LogP contribution in [-0.2, 0) is 6.42 Å². The first kappa shape index (κ1) is 19.8. The van der Waals surface area contributed by atoms with Crippen molar-refractivity contribution in [3.8, 4) is 11.4 Å². The number of hydrogen-bond acceptors (Lipinski definition) is 3. The third-order valence-electron chi connectivity index (χ3n) is 3.71. The zero-order chi connectivity index (χ0) is 17.5. The number of aliphatic imine (C=N–C) groups is 1. The van der Waals surface area contributed by atoms with E-state index in [4.69, 9.17) is 10.5 Å². The van der Waals surface area contributed by atoms with Crippen LogP contribution in [0.5, 0.6) is 5.75 Å². The summed E-state index contributed by atoms with van der Waals surface area (Å²) >= 11 is 0. The van der Waals surface area contributed by atoms with Gasteiger partial charge < -0.3 is 15.8 Å². The van der Waals surface area contributed by atoms with Crippen molar-refractivity contribution in [1.82, 2.24) is 9.78 Å². The number of rotatable bonds is 6. The van der Waals surface area contributed by atoms with Gasteiger partial charge in [-0.25, -0.2) is 4.68 Å². The summed E-state index contributed by atoms with van der Waals surface area (Å²) < 4.78 is 7.14. The minimum absolute atomic E-state index is 0. The molecule has 0 fully saturated rings. The molecule has 26 heavy (non-hydrogen) atoms. The fraction of sp³-hybridized carbons (Fsp3) is 0.158. The molecule has 6 nitrogen and oxygen atoms in total. The van der Waals surface area contributed by atoms with E-state index in [9.17, 15) is 0 Å². The van der Waals surface area contributed by atoms with Gasteiger partial charge in [0.25, 0.3) is 0 Å². The molecule has 3 rings (SSSR count). The van der Waals surface area contributed by atoms with Crippen LogP contribution in [0.2, 0.25) is 0 Å². The van der Waals surface area contributed by atoms with Gasteiger partial charge in [-0.1, -0.05) is 30.3 Å². The van der Waals surface area contributed by atoms with Gasteiger partial charge in [-0.15, -0.1) is 24.0 Å². The van der Waals surface area contributed by atoms with E-state index in [1.54, 1.807) is 7.11 Å². The zero-order valence-corrected chi connectivity index (χ0v) is 16.8. The van der Waals surface area contributed by atoms with Crippen molar-refractivity contribution in [2.75, 3.05) is 19.0 Å². The normalized spacial score (nSPS) is 10.9. The SMILES string of the molecule is COc1ccccc1NC(N)=NCCc1cnn(-c2ccccc2)c1.I. The first-order valence-electron chi connectivity index (χ1n) is 8.05. The van der Waals surface area contributed by atoms with Crippen LogP contribution in [0.15, 0.2) is 72.0 Å². The van der Waals surface area contributed by atoms with Gasteiger partial charge in [0.15, 0.2) is 5.96 Å². The average molecular weight is 463 g/mol. The van der Waals surface area contributed by atoms with E-state index in [0.29, 0.717) is 12.5 Å². The number of anilines is 1. The second-order valence-corrected chi connectivity index (χ2v) is 5.47. The van der Waals surface area contributed by atoms with Gasteiger partial charge in [0, 0.05) is 12.7 Å². The number of nitrogens with two attached hydrogens (primary N) is 1. The molecule has 136 valence electrons. The first-order chi connectivity index (χ1) is 12.3. The standard InChI is InChI=1S/C19H21N5O.HI/c1-25-18-10-6-5-9-17(18)23-19(20)21-12-11-15-13-22-24(14-15)16-7-3-2-4-8-16;/h2-10,13-14H,11-12H2,1H3,(H3,20,21,23);1H. The lowest BCUT2D eigenvalue weighted by Gasteiger charge is -2.09. The van der Waals surface area contributed by atoms with Gasteiger partial charge in [0.2, 0.25) is 0 Å². The predicted molar refractivity (Wildman–Crippen MR) is 116 cm³/mol. The van der Waals surface area contributed by atoms with Crippen molar-refractivity contribution in [3.63, 3.8) is 0 Å². The van der Waals surface area contributed by atoms with Gasteiger partial charge >= 0.3 is 0 Å². The number of halogens is 1. The molecule has 0 aliphatic heterocycles. The van der Waals surface area contributed by atoms with E-state index >= 15 is 0 Å². The molecule has 0 radical (unpaired) electrons. The van der Waals surface area contributed by atoms with Gasteiger partial charge in [-0.05, 0) is 36.2 Å². The lowest BCUT2D eigenvalue weighted by molar-refractivity contribution is 0.417. The molecule has 0 saturated carbocycles. The first-order valence-corrected chi connectivity index (χ1v) is 8.05. The molecule has 0 atom stereocenters. The molecule has 1 heterocycles. The molecule has 0 spiro atoms. The molecular weight excluding hydrogens is 441 g/mol. The molecule has 0 saturated heterocycles. The maximum absolute atomic E-state index is 5.95. The van der Waals surface area contributed by atoms with Gasteiger partial charge in [0.05, 0.1) is 24.7 Å². The number of aromatic nitrogens is 2. The minimum atomic E-state index is 0. The van der Waals surface area contributed by atoms with E-state index in [2.05, 4.69) is 15.4 Å². The van der Waals surface area contributed by atoms with E-state index < -0.39 is 0 Å². The molecular formula is C19H22IN5O. The van der Waals surface area contributed by atoms with Crippen molar-refractivity contribution in [2.24, 2.45) is 10.7 Å². The number of guanidine groups is 1. The highest BCUT2D eigenvalue weighted by molar-refractivity contribution is 14.0. The number of methoxy groups -OCH3 is 1. The van der Waals surface area contributed by atoms with E-state index in [1.165, 1.54) is 0 Å². The summed E-state index contributed by atoms with van der Waals surface area (Å²) in [5.41, 5.74) is 8.89. The van der Waals surface area contributed by atoms with Crippen LogP contribution in [0.1, 0.15) is 5.56 Å². The third-order valence-corrected chi connectivity index (χ3v) is 3.71. The predicted octanol–water partition coefficient (Wildman–Crippen LogP) is 3.47. The number of nitrogens with zero attached hydrogens (tertiary/aromatic N) is 3. The van der Waals surface area contributed by atoms with E-state index in [-0.39, 0.29) is 24.0 Å². The maximum Gasteiger partial charge on any atom is 0.193 e. The molecule has 0 unspecified atom stereocenters. The summed E-state index contributed by atoms with van der Waals surface area (Å²) in [5, 5.41) is 7.44. The monoisotopic (exact) mass is 463 g/mol. The Labute approximate surface area is 170 Å². The minimum Gasteiger partial charge on any atom is -0.495 e. The van der Waals surface area contributed by atoms with Gasteiger partial charge in [-0.2, -0.15) is 5.10 Å². The fourth-order valence-electron chi connectivity index (χ4n) is 2.44. The molecule has 0 amide bonds. The summed E-state index contributed by atoms with van der Waals surface area (Å²) in [6.07, 6.45) is 4.63. The quantitative estimate of drug-likeness (QED) is 0.334. The second kappa shape index (κ2) is 9.81. The third kappa shape index (κ3) is 5.22. The number of para-hydroxylation sites is 3. The largest absolute Gasteiger partial charge is 0.495 e. The van der Waals surface area contributed by atoms with E-state index in [1.807, 2.05) is 71.7 Å². The molecule has 3 aromatic rings. The van der Waals surface area contributed by atoms with Crippen LogP contribution in [-0.4, -0.2) is 29.4 Å². The Morgan fingerprint density at radius 3 is 2.65 bits per heavy atom. The van der Waals surface area contributed by atoms with E-state index in [0.717, 1.165) is 29.1 Å². The zero-order valence-electron chi connectivity index (χ0n) is 14.5. The Morgan fingerprint density at radius 1 is 1.15 bits per heavy atom. The Morgan fingerprint density at radius 2 is 1.88 bits per heavy atom. The van der Waals surface area contributed by atoms with Crippen LogP contribution in [0, 0.1) is 0 Å². The molecule has 3 N–H and O–H groups in total. The smallest absolute Gasteiger partial charge is 0.193 e. The number of ether oxygens (including phenoxy) is 1. The molecule has 0 aliphatic rings. The molecule has 0 aliphatic carbocycles. The Kier molecular flexibility index (Phi) is 7.46. The fourth-order valence-corrected chi connectivity index (χ4v) is 2.44. The molecule has 0 bridgehead atoms. The van der Waals surface area contributed by atoms with Gasteiger partial charge in [-0.3, -0.25) is 4.99 Å². The highest BCUT2D eigenvalue weighted by atomic mass is 127. The van der Waals surface area contributed by atoms with Crippen molar-refractivity contribution >= 4 is 35.6 Å². The molecule has 7 heteroatoms. The van der Waals surface area contributed by atoms with Crippen LogP contribution in [0.4, 0.5) is 5.69 Å². The number of nitrogens with one attached hydrogen (secondary N) is 1. The highest BCUT2D eigenvalue weighted by Gasteiger charge is 2.03. The summed E-state index contributed by atoms with van der Waals surface area (Å²) in [6.45, 7) is 0.578. The van der Waals surface area contributed by atoms with Crippen molar-refractivity contribution in [3.05, 3.63) is 72.6 Å². The lowest BCUT2D eigenvalue weighted by atomic mass is 10.2. The van der Waals surface area contributed by atoms with Crippen molar-refractivity contribution in [2.45, 2.75) is 6.42 Å². The number of hydrogen-bond donors (Lipinski definition) is 2. The van der Waals surface area contributed by atoms with Crippen LogP contribution in [0.3, 0.4) is 0 Å². The summed E-state index contributed by atoms with van der Waals surface area (Å²) in [7, 11) is 1.62. The average Bonchev–Trinajstić information content (AvgIpc) is 3.12. The molecule has 2 aromatic carbocycles. The Balaban J connectivity index is 0.00000243. The van der Waals surface area contributed by atoms with Crippen molar-refractivity contribution in [1.29, 1.82) is 0 Å². The van der Waals surface area contributed by atoms with Crippen LogP contribution >= 0.6 is 24.0 Å². The summed E-state index contributed by atoms with van der Waals surface area (Å²) in [4.78, 5) is 4.36. The Hall–Kier alpha value is -2.55. The summed E-state index contributed by atoms with van der Waals surface area (Å²) in [6, 6.07) is 17.6. The molecule has 1 aromatic heterocycles. The van der Waals surface area contributed by atoms with Crippen LogP contribution in [0.25, 0.3) is 5.69 Å². The Bertz CT molecular complexity index is 848.